The van der Waals surface area contributed by atoms with Crippen molar-refractivity contribution in [3.05, 3.63) is 18.0 Å². The van der Waals surface area contributed by atoms with Gasteiger partial charge >= 0.3 is 0 Å². The highest BCUT2D eigenvalue weighted by Gasteiger charge is 2.38. The molecule has 1 aromatic rings. The molecule has 0 bridgehead atoms. The molecule has 5 heteroatoms. The van der Waals surface area contributed by atoms with Gasteiger partial charge in [0.25, 0.3) is 0 Å². The Hall–Kier alpha value is -0.910. The largest absolute Gasteiger partial charge is 0.391 e. The van der Waals surface area contributed by atoms with E-state index in [-0.39, 0.29) is 11.6 Å². The average Bonchev–Trinajstić information content (AvgIpc) is 2.94. The minimum atomic E-state index is -0.389. The first-order valence-electron chi connectivity index (χ1n) is 7.62. The molecule has 20 heavy (non-hydrogen) atoms. The number of hydrogen-bond acceptors (Lipinski definition) is 4. The SMILES string of the molecule is CCn1cc(CC(O)C(C)(CC)N2CCOCC2)cn1. The van der Waals surface area contributed by atoms with Crippen molar-refractivity contribution in [1.82, 2.24) is 14.7 Å². The Kier molecular flexibility index (Phi) is 5.18. The van der Waals surface area contributed by atoms with Crippen molar-refractivity contribution in [3.63, 3.8) is 0 Å². The van der Waals surface area contributed by atoms with Crippen LogP contribution < -0.4 is 0 Å². The molecule has 0 saturated carbocycles. The summed E-state index contributed by atoms with van der Waals surface area (Å²) >= 11 is 0. The van der Waals surface area contributed by atoms with Crippen LogP contribution in [0.2, 0.25) is 0 Å². The van der Waals surface area contributed by atoms with Gasteiger partial charge in [0.15, 0.2) is 0 Å². The van der Waals surface area contributed by atoms with Gasteiger partial charge in [0.05, 0.1) is 25.5 Å². The van der Waals surface area contributed by atoms with Crippen LogP contribution in [0, 0.1) is 0 Å². The van der Waals surface area contributed by atoms with E-state index in [0.717, 1.165) is 44.8 Å². The van der Waals surface area contributed by atoms with E-state index in [1.807, 2.05) is 17.1 Å². The van der Waals surface area contributed by atoms with Crippen molar-refractivity contribution in [2.75, 3.05) is 26.3 Å². The first kappa shape index (κ1) is 15.5. The molecule has 1 aliphatic rings. The van der Waals surface area contributed by atoms with Crippen molar-refractivity contribution in [3.8, 4) is 0 Å². The Morgan fingerprint density at radius 3 is 2.65 bits per heavy atom. The van der Waals surface area contributed by atoms with Gasteiger partial charge in [0.1, 0.15) is 0 Å². The molecule has 5 nitrogen and oxygen atoms in total. The number of aryl methyl sites for hydroxylation is 1. The number of aliphatic hydroxyl groups excluding tert-OH is 1. The van der Waals surface area contributed by atoms with Crippen molar-refractivity contribution in [2.45, 2.75) is 51.8 Å². The summed E-state index contributed by atoms with van der Waals surface area (Å²) in [6.07, 6.45) is 5.08. The van der Waals surface area contributed by atoms with Crippen LogP contribution in [0.3, 0.4) is 0 Å². The monoisotopic (exact) mass is 281 g/mol. The average molecular weight is 281 g/mol. The van der Waals surface area contributed by atoms with Crippen LogP contribution >= 0.6 is 0 Å². The predicted octanol–water partition coefficient (Wildman–Crippen LogP) is 1.31. The van der Waals surface area contributed by atoms with Crippen LogP contribution in [0.1, 0.15) is 32.8 Å². The third-order valence-electron chi connectivity index (χ3n) is 4.61. The second-order valence-corrected chi connectivity index (χ2v) is 5.73. The molecule has 1 saturated heterocycles. The lowest BCUT2D eigenvalue weighted by molar-refractivity contribution is -0.0714. The lowest BCUT2D eigenvalue weighted by Crippen LogP contribution is -2.58. The molecule has 2 rings (SSSR count). The minimum absolute atomic E-state index is 0.196. The van der Waals surface area contributed by atoms with Gasteiger partial charge in [-0.1, -0.05) is 6.92 Å². The van der Waals surface area contributed by atoms with Gasteiger partial charge in [0.2, 0.25) is 0 Å². The van der Waals surface area contributed by atoms with Crippen molar-refractivity contribution < 1.29 is 9.84 Å². The summed E-state index contributed by atoms with van der Waals surface area (Å²) in [5, 5.41) is 15.0. The van der Waals surface area contributed by atoms with E-state index >= 15 is 0 Å². The molecule has 0 aromatic carbocycles. The van der Waals surface area contributed by atoms with E-state index in [9.17, 15) is 5.11 Å². The number of aliphatic hydroxyl groups is 1. The summed E-state index contributed by atoms with van der Waals surface area (Å²) < 4.78 is 7.32. The van der Waals surface area contributed by atoms with Crippen molar-refractivity contribution >= 4 is 0 Å². The van der Waals surface area contributed by atoms with Crippen LogP contribution in [0.25, 0.3) is 0 Å². The predicted molar refractivity (Wildman–Crippen MR) is 78.7 cm³/mol. The zero-order valence-corrected chi connectivity index (χ0v) is 12.9. The van der Waals surface area contributed by atoms with E-state index in [1.165, 1.54) is 0 Å². The highest BCUT2D eigenvalue weighted by Crippen LogP contribution is 2.27. The van der Waals surface area contributed by atoms with E-state index < -0.39 is 0 Å². The standard InChI is InChI=1S/C15H27N3O2/c1-4-15(3,17-6-8-20-9-7-17)14(19)10-13-11-16-18(5-2)12-13/h11-12,14,19H,4-10H2,1-3H3. The van der Waals surface area contributed by atoms with E-state index in [2.05, 4.69) is 30.8 Å². The molecule has 1 aliphatic heterocycles. The first-order valence-corrected chi connectivity index (χ1v) is 7.62. The molecular formula is C15H27N3O2. The normalized spacial score (nSPS) is 21.6. The van der Waals surface area contributed by atoms with Gasteiger partial charge in [-0.3, -0.25) is 9.58 Å². The molecule has 2 unspecified atom stereocenters. The molecule has 0 amide bonds. The zero-order chi connectivity index (χ0) is 14.6. The topological polar surface area (TPSA) is 50.5 Å². The number of morpholine rings is 1. The quantitative estimate of drug-likeness (QED) is 0.854. The summed E-state index contributed by atoms with van der Waals surface area (Å²) in [5.74, 6) is 0. The van der Waals surface area contributed by atoms with Gasteiger partial charge in [0, 0.05) is 37.8 Å². The zero-order valence-electron chi connectivity index (χ0n) is 12.9. The molecule has 2 atom stereocenters. The fraction of sp³-hybridized carbons (Fsp3) is 0.800. The molecular weight excluding hydrogens is 254 g/mol. The fourth-order valence-corrected chi connectivity index (χ4v) is 2.87. The highest BCUT2D eigenvalue weighted by molar-refractivity contribution is 5.08. The lowest BCUT2D eigenvalue weighted by atomic mass is 9.86. The number of ether oxygens (including phenoxy) is 1. The van der Waals surface area contributed by atoms with E-state index in [0.29, 0.717) is 6.42 Å². The van der Waals surface area contributed by atoms with Gasteiger partial charge in [-0.25, -0.2) is 0 Å². The fourth-order valence-electron chi connectivity index (χ4n) is 2.87. The summed E-state index contributed by atoms with van der Waals surface area (Å²) in [7, 11) is 0. The van der Waals surface area contributed by atoms with Gasteiger partial charge < -0.3 is 9.84 Å². The summed E-state index contributed by atoms with van der Waals surface area (Å²) in [6.45, 7) is 10.6. The Morgan fingerprint density at radius 2 is 2.10 bits per heavy atom. The Morgan fingerprint density at radius 1 is 1.40 bits per heavy atom. The van der Waals surface area contributed by atoms with Crippen LogP contribution in [0.15, 0.2) is 12.4 Å². The number of aromatic nitrogens is 2. The third-order valence-corrected chi connectivity index (χ3v) is 4.61. The molecule has 0 spiro atoms. The second kappa shape index (κ2) is 6.70. The molecule has 1 N–H and O–H groups in total. The van der Waals surface area contributed by atoms with Crippen LogP contribution in [-0.4, -0.2) is 57.7 Å². The van der Waals surface area contributed by atoms with E-state index in [4.69, 9.17) is 4.74 Å². The van der Waals surface area contributed by atoms with E-state index in [1.54, 1.807) is 0 Å². The molecule has 0 radical (unpaired) electrons. The number of rotatable bonds is 6. The summed E-state index contributed by atoms with van der Waals surface area (Å²) in [5.41, 5.74) is 0.908. The molecule has 114 valence electrons. The third kappa shape index (κ3) is 3.22. The minimum Gasteiger partial charge on any atom is -0.391 e. The molecule has 2 heterocycles. The Bertz CT molecular complexity index is 415. The second-order valence-electron chi connectivity index (χ2n) is 5.73. The highest BCUT2D eigenvalue weighted by atomic mass is 16.5. The summed E-state index contributed by atoms with van der Waals surface area (Å²) in [4.78, 5) is 2.37. The number of hydrogen-bond donors (Lipinski definition) is 1. The number of nitrogens with zero attached hydrogens (tertiary/aromatic N) is 3. The molecule has 1 fully saturated rings. The Balaban J connectivity index is 2.04. The lowest BCUT2D eigenvalue weighted by Gasteiger charge is -2.45. The summed E-state index contributed by atoms with van der Waals surface area (Å²) in [6, 6.07) is 0. The maximum absolute atomic E-state index is 10.7. The van der Waals surface area contributed by atoms with Crippen LogP contribution in [0.5, 0.6) is 0 Å². The maximum atomic E-state index is 10.7. The van der Waals surface area contributed by atoms with Crippen LogP contribution in [-0.2, 0) is 17.7 Å². The molecule has 1 aromatic heterocycles. The van der Waals surface area contributed by atoms with Crippen LogP contribution in [0.4, 0.5) is 0 Å². The maximum Gasteiger partial charge on any atom is 0.0762 e. The smallest absolute Gasteiger partial charge is 0.0762 e. The van der Waals surface area contributed by atoms with Crippen molar-refractivity contribution in [2.24, 2.45) is 0 Å². The van der Waals surface area contributed by atoms with Crippen molar-refractivity contribution in [1.29, 1.82) is 0 Å². The van der Waals surface area contributed by atoms with Gasteiger partial charge in [-0.2, -0.15) is 5.10 Å². The van der Waals surface area contributed by atoms with Gasteiger partial charge in [-0.05, 0) is 25.8 Å². The Labute approximate surface area is 121 Å². The molecule has 0 aliphatic carbocycles. The van der Waals surface area contributed by atoms with Gasteiger partial charge in [-0.15, -0.1) is 0 Å². The first-order chi connectivity index (χ1) is 9.60.